The van der Waals surface area contributed by atoms with Gasteiger partial charge in [0.1, 0.15) is 11.5 Å². The van der Waals surface area contributed by atoms with Crippen molar-refractivity contribution in [3.05, 3.63) is 80.7 Å². The highest BCUT2D eigenvalue weighted by molar-refractivity contribution is 9.10. The van der Waals surface area contributed by atoms with Crippen molar-refractivity contribution in [2.75, 3.05) is 14.2 Å². The second kappa shape index (κ2) is 9.27. The van der Waals surface area contributed by atoms with Crippen LogP contribution in [0.4, 0.5) is 0 Å². The van der Waals surface area contributed by atoms with Crippen molar-refractivity contribution in [2.24, 2.45) is 0 Å². The molecule has 0 aliphatic heterocycles. The van der Waals surface area contributed by atoms with Gasteiger partial charge in [-0.1, -0.05) is 56.1 Å². The van der Waals surface area contributed by atoms with Gasteiger partial charge in [0.2, 0.25) is 0 Å². The van der Waals surface area contributed by atoms with Crippen LogP contribution >= 0.6 is 31.9 Å². The quantitative estimate of drug-likeness (QED) is 0.234. The Kier molecular flexibility index (Phi) is 6.44. The van der Waals surface area contributed by atoms with E-state index in [1.54, 1.807) is 6.07 Å². The number of hydrogen-bond donors (Lipinski definition) is 0. The minimum atomic E-state index is 0.308. The van der Waals surface area contributed by atoms with E-state index in [2.05, 4.69) is 31.9 Å². The van der Waals surface area contributed by atoms with Gasteiger partial charge in [0.05, 0.1) is 25.3 Å². The monoisotopic (exact) mass is 552 g/mol. The largest absolute Gasteiger partial charge is 0.496 e. The van der Waals surface area contributed by atoms with Gasteiger partial charge in [0, 0.05) is 25.5 Å². The van der Waals surface area contributed by atoms with E-state index in [0.717, 1.165) is 49.2 Å². The van der Waals surface area contributed by atoms with E-state index in [1.807, 2.05) is 54.6 Å². The molecule has 0 aromatic heterocycles. The molecule has 0 spiro atoms. The van der Waals surface area contributed by atoms with Crippen LogP contribution in [0.5, 0.6) is 11.5 Å². The summed E-state index contributed by atoms with van der Waals surface area (Å²) >= 11 is 6.97. The summed E-state index contributed by atoms with van der Waals surface area (Å²) in [6.45, 7) is 0. The maximum atomic E-state index is 12.3. The lowest BCUT2D eigenvalue weighted by molar-refractivity contribution is 0.111. The van der Waals surface area contributed by atoms with Gasteiger partial charge in [-0.05, 0) is 52.9 Å². The number of halogens is 2. The van der Waals surface area contributed by atoms with Crippen molar-refractivity contribution in [3.63, 3.8) is 0 Å². The summed E-state index contributed by atoms with van der Waals surface area (Å²) in [5, 5.41) is 1.26. The molecule has 0 unspecified atom stereocenters. The number of hydrogen-bond acceptors (Lipinski definition) is 4. The Balaban J connectivity index is 2.28. The molecule has 0 radical (unpaired) electrons. The van der Waals surface area contributed by atoms with Gasteiger partial charge in [0.25, 0.3) is 0 Å². The van der Waals surface area contributed by atoms with Crippen molar-refractivity contribution in [1.82, 2.24) is 0 Å². The Morgan fingerprint density at radius 1 is 0.656 bits per heavy atom. The molecule has 0 heterocycles. The summed E-state index contributed by atoms with van der Waals surface area (Å²) in [6.07, 6.45) is 1.46. The van der Waals surface area contributed by atoms with Crippen molar-refractivity contribution in [1.29, 1.82) is 0 Å². The number of fused-ring (bicyclic) bond motifs is 1. The second-order valence-electron chi connectivity index (χ2n) is 7.05. The molecule has 0 atom stereocenters. The van der Waals surface area contributed by atoms with Crippen molar-refractivity contribution >= 4 is 55.2 Å². The zero-order valence-corrected chi connectivity index (χ0v) is 20.5. The number of ether oxygens (including phenoxy) is 2. The third-order valence-electron chi connectivity index (χ3n) is 5.39. The number of methoxy groups -OCH3 is 2. The highest BCUT2D eigenvalue weighted by Crippen LogP contribution is 2.48. The van der Waals surface area contributed by atoms with Gasteiger partial charge in [-0.3, -0.25) is 9.59 Å². The van der Waals surface area contributed by atoms with Gasteiger partial charge in [0.15, 0.2) is 12.6 Å². The molecule has 0 aliphatic rings. The molecule has 0 saturated heterocycles. The lowest BCUT2D eigenvalue weighted by Crippen LogP contribution is -2.02. The summed E-state index contributed by atoms with van der Waals surface area (Å²) in [5.74, 6) is 0.805. The number of aldehydes is 2. The average molecular weight is 554 g/mol. The topological polar surface area (TPSA) is 52.6 Å². The molecular weight excluding hydrogens is 536 g/mol. The highest BCUT2D eigenvalue weighted by atomic mass is 79.9. The van der Waals surface area contributed by atoms with Crippen molar-refractivity contribution < 1.29 is 19.1 Å². The summed E-state index contributed by atoms with van der Waals surface area (Å²) < 4.78 is 13.1. The van der Waals surface area contributed by atoms with Crippen LogP contribution in [0.25, 0.3) is 33.0 Å². The van der Waals surface area contributed by atoms with E-state index >= 15 is 0 Å². The van der Waals surface area contributed by atoms with Gasteiger partial charge in [-0.15, -0.1) is 0 Å². The molecule has 0 N–H and O–H groups in total. The Labute approximate surface area is 202 Å². The minimum absolute atomic E-state index is 0.308. The standard InChI is InChI=1S/C26H18Br2O4/c1-31-22-12-11-19-23(15-3-7-17(27)8-4-15)24(16-5-9-18(28)10-6-16)26(32-2)21(14-30)25(19)20(22)13-29/h3-14H,1-2H3. The molecule has 160 valence electrons. The molecule has 4 rings (SSSR count). The predicted octanol–water partition coefficient (Wildman–Crippen LogP) is 7.34. The predicted molar refractivity (Wildman–Crippen MR) is 134 cm³/mol. The molecule has 0 bridgehead atoms. The normalized spacial score (nSPS) is 10.8. The Hall–Kier alpha value is -2.96. The fraction of sp³-hybridized carbons (Fsp3) is 0.0769. The van der Waals surface area contributed by atoms with Crippen LogP contribution < -0.4 is 9.47 Å². The maximum absolute atomic E-state index is 12.3. The molecule has 0 saturated carbocycles. The molecule has 0 fully saturated rings. The number of carbonyl (C=O) groups is 2. The Morgan fingerprint density at radius 2 is 1.19 bits per heavy atom. The first-order chi connectivity index (χ1) is 15.5. The molecule has 0 amide bonds. The van der Waals surface area contributed by atoms with E-state index in [9.17, 15) is 9.59 Å². The van der Waals surface area contributed by atoms with Crippen molar-refractivity contribution in [3.8, 4) is 33.8 Å². The molecule has 4 aromatic rings. The van der Waals surface area contributed by atoms with E-state index in [1.165, 1.54) is 14.2 Å². The van der Waals surface area contributed by atoms with E-state index in [0.29, 0.717) is 28.0 Å². The van der Waals surface area contributed by atoms with Crippen LogP contribution in [0.3, 0.4) is 0 Å². The maximum Gasteiger partial charge on any atom is 0.154 e. The zero-order valence-electron chi connectivity index (χ0n) is 17.3. The molecule has 32 heavy (non-hydrogen) atoms. The Morgan fingerprint density at radius 3 is 1.66 bits per heavy atom. The molecule has 6 heteroatoms. The molecule has 4 nitrogen and oxygen atoms in total. The first kappa shape index (κ1) is 22.2. The van der Waals surface area contributed by atoms with Crippen LogP contribution in [-0.4, -0.2) is 26.8 Å². The van der Waals surface area contributed by atoms with Gasteiger partial charge < -0.3 is 9.47 Å². The van der Waals surface area contributed by atoms with Crippen molar-refractivity contribution in [2.45, 2.75) is 0 Å². The summed E-state index contributed by atoms with van der Waals surface area (Å²) in [5.41, 5.74) is 4.07. The highest BCUT2D eigenvalue weighted by Gasteiger charge is 2.25. The third-order valence-corrected chi connectivity index (χ3v) is 6.45. The van der Waals surface area contributed by atoms with E-state index in [4.69, 9.17) is 9.47 Å². The van der Waals surface area contributed by atoms with Gasteiger partial charge >= 0.3 is 0 Å². The van der Waals surface area contributed by atoms with E-state index in [-0.39, 0.29) is 0 Å². The van der Waals surface area contributed by atoms with Crippen LogP contribution in [0.15, 0.2) is 69.6 Å². The van der Waals surface area contributed by atoms with Crippen LogP contribution in [0.1, 0.15) is 20.7 Å². The lowest BCUT2D eigenvalue weighted by atomic mass is 9.85. The lowest BCUT2D eigenvalue weighted by Gasteiger charge is -2.22. The van der Waals surface area contributed by atoms with Crippen LogP contribution in [0.2, 0.25) is 0 Å². The first-order valence-electron chi connectivity index (χ1n) is 9.70. The Bertz CT molecular complexity index is 1330. The molecular formula is C26H18Br2O4. The zero-order chi connectivity index (χ0) is 22.8. The van der Waals surface area contributed by atoms with Crippen LogP contribution in [-0.2, 0) is 0 Å². The fourth-order valence-electron chi connectivity index (χ4n) is 4.02. The second-order valence-corrected chi connectivity index (χ2v) is 8.88. The number of rotatable bonds is 6. The van der Waals surface area contributed by atoms with Gasteiger partial charge in [-0.2, -0.15) is 0 Å². The first-order valence-corrected chi connectivity index (χ1v) is 11.3. The number of benzene rings is 4. The third kappa shape index (κ3) is 3.74. The number of carbonyl (C=O) groups excluding carboxylic acids is 2. The minimum Gasteiger partial charge on any atom is -0.496 e. The van der Waals surface area contributed by atoms with Crippen LogP contribution in [0, 0.1) is 0 Å². The smallest absolute Gasteiger partial charge is 0.154 e. The SMILES string of the molecule is COc1ccc2c(-c3ccc(Br)cc3)c(-c3ccc(Br)cc3)c(OC)c(C=O)c2c1C=O. The van der Waals surface area contributed by atoms with E-state index < -0.39 is 0 Å². The van der Waals surface area contributed by atoms with Gasteiger partial charge in [-0.25, -0.2) is 0 Å². The summed E-state index contributed by atoms with van der Waals surface area (Å²) in [4.78, 5) is 24.5. The molecule has 0 aliphatic carbocycles. The average Bonchev–Trinajstić information content (AvgIpc) is 2.82. The summed E-state index contributed by atoms with van der Waals surface area (Å²) in [6, 6.07) is 19.3. The summed E-state index contributed by atoms with van der Waals surface area (Å²) in [7, 11) is 3.03. The fourth-order valence-corrected chi connectivity index (χ4v) is 4.55. The molecule has 4 aromatic carbocycles.